The van der Waals surface area contributed by atoms with Crippen LogP contribution in [0.2, 0.25) is 0 Å². The largest absolute Gasteiger partial charge is 0.309 e. The minimum Gasteiger partial charge on any atom is -0.309 e. The Morgan fingerprint density at radius 1 is 1.27 bits per heavy atom. The first-order chi connectivity index (χ1) is 10.5. The fraction of sp³-hybridized carbons (Fsp3) is 0.353. The standard InChI is InChI=1S/C17H20FN3O/c1-4-11(3)17(22)21-16-14(5-2)20-15(10-19-16)12-6-8-13(18)9-7-12/h6-11H,4-5H2,1-3H3,(H,19,21,22). The third kappa shape index (κ3) is 3.67. The van der Waals surface area contributed by atoms with Crippen molar-refractivity contribution >= 4 is 11.7 Å². The van der Waals surface area contributed by atoms with Gasteiger partial charge in [-0.3, -0.25) is 4.79 Å². The number of nitrogens with one attached hydrogen (secondary N) is 1. The van der Waals surface area contributed by atoms with Crippen LogP contribution < -0.4 is 5.32 Å². The number of carbonyl (C=O) groups is 1. The van der Waals surface area contributed by atoms with Crippen molar-refractivity contribution in [2.24, 2.45) is 5.92 Å². The maximum atomic E-state index is 13.0. The van der Waals surface area contributed by atoms with Crippen LogP contribution in [-0.4, -0.2) is 15.9 Å². The Kier molecular flexibility index (Phi) is 5.20. The van der Waals surface area contributed by atoms with Crippen molar-refractivity contribution in [3.05, 3.63) is 42.0 Å². The van der Waals surface area contributed by atoms with Crippen LogP contribution in [0.15, 0.2) is 30.5 Å². The fourth-order valence-electron chi connectivity index (χ4n) is 1.96. The Hall–Kier alpha value is -2.30. The highest BCUT2D eigenvalue weighted by Crippen LogP contribution is 2.21. The molecule has 5 heteroatoms. The van der Waals surface area contributed by atoms with Gasteiger partial charge in [-0.05, 0) is 37.1 Å². The van der Waals surface area contributed by atoms with Crippen LogP contribution in [0.3, 0.4) is 0 Å². The average molecular weight is 301 g/mol. The van der Waals surface area contributed by atoms with Gasteiger partial charge in [0.2, 0.25) is 5.91 Å². The zero-order valence-electron chi connectivity index (χ0n) is 13.1. The van der Waals surface area contributed by atoms with Gasteiger partial charge in [0, 0.05) is 11.5 Å². The molecule has 0 saturated carbocycles. The molecule has 22 heavy (non-hydrogen) atoms. The van der Waals surface area contributed by atoms with Crippen LogP contribution in [0.5, 0.6) is 0 Å². The first-order valence-electron chi connectivity index (χ1n) is 7.47. The number of rotatable bonds is 5. The molecule has 0 saturated heterocycles. The predicted molar refractivity (Wildman–Crippen MR) is 84.9 cm³/mol. The third-order valence-corrected chi connectivity index (χ3v) is 3.62. The van der Waals surface area contributed by atoms with Gasteiger partial charge in [-0.25, -0.2) is 14.4 Å². The number of aromatic nitrogens is 2. The summed E-state index contributed by atoms with van der Waals surface area (Å²) in [7, 11) is 0. The van der Waals surface area contributed by atoms with E-state index in [1.807, 2.05) is 20.8 Å². The average Bonchev–Trinajstić information content (AvgIpc) is 2.55. The number of benzene rings is 1. The quantitative estimate of drug-likeness (QED) is 0.913. The van der Waals surface area contributed by atoms with E-state index in [4.69, 9.17) is 0 Å². The van der Waals surface area contributed by atoms with E-state index in [0.29, 0.717) is 17.9 Å². The number of hydrogen-bond acceptors (Lipinski definition) is 3. The van der Waals surface area contributed by atoms with Gasteiger partial charge in [-0.1, -0.05) is 20.8 Å². The molecule has 1 amide bonds. The Morgan fingerprint density at radius 3 is 2.55 bits per heavy atom. The molecule has 4 nitrogen and oxygen atoms in total. The van der Waals surface area contributed by atoms with Gasteiger partial charge in [0.05, 0.1) is 17.6 Å². The lowest BCUT2D eigenvalue weighted by atomic mass is 10.1. The molecule has 1 atom stereocenters. The summed E-state index contributed by atoms with van der Waals surface area (Å²) >= 11 is 0. The zero-order chi connectivity index (χ0) is 16.1. The molecule has 2 aromatic rings. The lowest BCUT2D eigenvalue weighted by Crippen LogP contribution is -2.21. The number of aryl methyl sites for hydroxylation is 1. The Morgan fingerprint density at radius 2 is 1.95 bits per heavy atom. The molecule has 0 bridgehead atoms. The molecular formula is C17H20FN3O. The highest BCUT2D eigenvalue weighted by atomic mass is 19.1. The molecule has 1 aromatic heterocycles. The second-order valence-electron chi connectivity index (χ2n) is 5.21. The number of anilines is 1. The molecule has 0 aliphatic rings. The minimum atomic E-state index is -0.287. The summed E-state index contributed by atoms with van der Waals surface area (Å²) in [6.45, 7) is 5.80. The summed E-state index contributed by atoms with van der Waals surface area (Å²) in [6, 6.07) is 6.11. The van der Waals surface area contributed by atoms with Crippen LogP contribution in [-0.2, 0) is 11.2 Å². The van der Waals surface area contributed by atoms with Crippen LogP contribution in [0.4, 0.5) is 10.2 Å². The molecule has 0 aliphatic heterocycles. The van der Waals surface area contributed by atoms with E-state index in [1.165, 1.54) is 12.1 Å². The number of halogens is 1. The lowest BCUT2D eigenvalue weighted by Gasteiger charge is -2.12. The van der Waals surface area contributed by atoms with E-state index in [9.17, 15) is 9.18 Å². The monoisotopic (exact) mass is 301 g/mol. The van der Waals surface area contributed by atoms with Crippen LogP contribution in [0, 0.1) is 11.7 Å². The smallest absolute Gasteiger partial charge is 0.228 e. The van der Waals surface area contributed by atoms with Crippen molar-refractivity contribution in [1.82, 2.24) is 9.97 Å². The van der Waals surface area contributed by atoms with E-state index in [-0.39, 0.29) is 17.6 Å². The van der Waals surface area contributed by atoms with Crippen LogP contribution >= 0.6 is 0 Å². The van der Waals surface area contributed by atoms with E-state index < -0.39 is 0 Å². The topological polar surface area (TPSA) is 54.9 Å². The zero-order valence-corrected chi connectivity index (χ0v) is 13.1. The summed E-state index contributed by atoms with van der Waals surface area (Å²) in [6.07, 6.45) is 3.02. The van der Waals surface area contributed by atoms with E-state index >= 15 is 0 Å². The highest BCUT2D eigenvalue weighted by molar-refractivity contribution is 5.91. The van der Waals surface area contributed by atoms with E-state index in [0.717, 1.165) is 17.7 Å². The minimum absolute atomic E-state index is 0.0546. The summed E-state index contributed by atoms with van der Waals surface area (Å²) in [5.41, 5.74) is 2.18. The van der Waals surface area contributed by atoms with Crippen molar-refractivity contribution in [3.63, 3.8) is 0 Å². The summed E-state index contributed by atoms with van der Waals surface area (Å²) in [5, 5.41) is 2.83. The van der Waals surface area contributed by atoms with Gasteiger partial charge in [-0.2, -0.15) is 0 Å². The van der Waals surface area contributed by atoms with Crippen molar-refractivity contribution in [1.29, 1.82) is 0 Å². The van der Waals surface area contributed by atoms with Crippen molar-refractivity contribution in [3.8, 4) is 11.3 Å². The predicted octanol–water partition coefficient (Wildman–Crippen LogP) is 3.83. The van der Waals surface area contributed by atoms with E-state index in [2.05, 4.69) is 15.3 Å². The SMILES string of the molecule is CCc1nc(-c2ccc(F)cc2)cnc1NC(=O)C(C)CC. The third-order valence-electron chi connectivity index (χ3n) is 3.62. The van der Waals surface area contributed by atoms with Gasteiger partial charge >= 0.3 is 0 Å². The summed E-state index contributed by atoms with van der Waals surface area (Å²) in [4.78, 5) is 20.8. The molecule has 1 heterocycles. The maximum Gasteiger partial charge on any atom is 0.228 e. The van der Waals surface area contributed by atoms with Gasteiger partial charge in [0.15, 0.2) is 5.82 Å². The van der Waals surface area contributed by atoms with Crippen molar-refractivity contribution in [2.45, 2.75) is 33.6 Å². The van der Waals surface area contributed by atoms with Crippen molar-refractivity contribution < 1.29 is 9.18 Å². The van der Waals surface area contributed by atoms with Gasteiger partial charge in [0.25, 0.3) is 0 Å². The summed E-state index contributed by atoms with van der Waals surface area (Å²) in [5.74, 6) is 0.0906. The first kappa shape index (κ1) is 16.1. The molecule has 0 fully saturated rings. The molecule has 1 unspecified atom stereocenters. The van der Waals surface area contributed by atoms with E-state index in [1.54, 1.807) is 18.3 Å². The second-order valence-corrected chi connectivity index (χ2v) is 5.21. The lowest BCUT2D eigenvalue weighted by molar-refractivity contribution is -0.119. The molecular weight excluding hydrogens is 281 g/mol. The highest BCUT2D eigenvalue weighted by Gasteiger charge is 2.14. The fourth-order valence-corrected chi connectivity index (χ4v) is 1.96. The second kappa shape index (κ2) is 7.11. The maximum absolute atomic E-state index is 13.0. The summed E-state index contributed by atoms with van der Waals surface area (Å²) < 4.78 is 13.0. The molecule has 116 valence electrons. The number of carbonyl (C=O) groups excluding carboxylic acids is 1. The Bertz CT molecular complexity index is 655. The number of hydrogen-bond donors (Lipinski definition) is 1. The Balaban J connectivity index is 2.28. The normalized spacial score (nSPS) is 12.0. The number of amides is 1. The molecule has 0 radical (unpaired) electrons. The number of nitrogens with zero attached hydrogens (tertiary/aromatic N) is 2. The molecule has 1 aromatic carbocycles. The molecule has 2 rings (SSSR count). The van der Waals surface area contributed by atoms with Gasteiger partial charge in [0.1, 0.15) is 5.82 Å². The molecule has 1 N–H and O–H groups in total. The van der Waals surface area contributed by atoms with Crippen LogP contribution in [0.25, 0.3) is 11.3 Å². The molecule has 0 aliphatic carbocycles. The Labute approximate surface area is 129 Å². The van der Waals surface area contributed by atoms with Crippen LogP contribution in [0.1, 0.15) is 32.9 Å². The van der Waals surface area contributed by atoms with Gasteiger partial charge < -0.3 is 5.32 Å². The van der Waals surface area contributed by atoms with Crippen molar-refractivity contribution in [2.75, 3.05) is 5.32 Å². The first-order valence-corrected chi connectivity index (χ1v) is 7.47. The molecule has 0 spiro atoms. The van der Waals surface area contributed by atoms with Gasteiger partial charge in [-0.15, -0.1) is 0 Å².